The molecule has 0 saturated carbocycles. The Morgan fingerprint density at radius 1 is 1.32 bits per heavy atom. The fourth-order valence-electron chi connectivity index (χ4n) is 1.85. The Morgan fingerprint density at radius 3 is 2.37 bits per heavy atom. The first kappa shape index (κ1) is 17.9. The molecule has 2 unspecified atom stereocenters. The highest BCUT2D eigenvalue weighted by atomic mass is 35.5. The Bertz CT molecular complexity index is 376. The number of rotatable bonds is 6. The van der Waals surface area contributed by atoms with Gasteiger partial charge in [0.05, 0.1) is 6.04 Å². The Kier molecular flexibility index (Phi) is 8.44. The number of benzene rings is 1. The number of amides is 1. The van der Waals surface area contributed by atoms with Crippen LogP contribution >= 0.6 is 12.4 Å². The van der Waals surface area contributed by atoms with Crippen LogP contribution in [0.2, 0.25) is 0 Å². The molecule has 0 fully saturated rings. The summed E-state index contributed by atoms with van der Waals surface area (Å²) in [5.41, 5.74) is 8.05. The van der Waals surface area contributed by atoms with Gasteiger partial charge in [-0.15, -0.1) is 12.4 Å². The van der Waals surface area contributed by atoms with Crippen LogP contribution in [0, 0.1) is 6.92 Å². The molecule has 0 saturated heterocycles. The summed E-state index contributed by atoms with van der Waals surface area (Å²) in [6.07, 6.45) is 2.13. The standard InChI is InChI=1S/C15H24N2O.ClH/c1-4-14(13-8-5-11(2)6-9-13)17-15(18)10-7-12(3)16;/h5-6,8-9,12,14H,4,7,10,16H2,1-3H3,(H,17,18);1H. The maximum absolute atomic E-state index is 11.8. The molecule has 0 heterocycles. The van der Waals surface area contributed by atoms with Crippen LogP contribution in [-0.2, 0) is 4.79 Å². The minimum atomic E-state index is 0. The number of hydrogen-bond donors (Lipinski definition) is 2. The fraction of sp³-hybridized carbons (Fsp3) is 0.533. The lowest BCUT2D eigenvalue weighted by atomic mass is 10.0. The summed E-state index contributed by atoms with van der Waals surface area (Å²) in [6, 6.07) is 8.49. The van der Waals surface area contributed by atoms with E-state index < -0.39 is 0 Å². The lowest BCUT2D eigenvalue weighted by Gasteiger charge is -2.18. The second kappa shape index (κ2) is 8.94. The minimum absolute atomic E-state index is 0. The lowest BCUT2D eigenvalue weighted by molar-refractivity contribution is -0.122. The smallest absolute Gasteiger partial charge is 0.220 e. The van der Waals surface area contributed by atoms with Crippen LogP contribution in [0.5, 0.6) is 0 Å². The van der Waals surface area contributed by atoms with Crippen LogP contribution in [0.25, 0.3) is 0 Å². The van der Waals surface area contributed by atoms with Crippen molar-refractivity contribution in [2.24, 2.45) is 5.73 Å². The summed E-state index contributed by atoms with van der Waals surface area (Å²) in [7, 11) is 0. The highest BCUT2D eigenvalue weighted by Gasteiger charge is 2.12. The highest BCUT2D eigenvalue weighted by molar-refractivity contribution is 5.85. The number of halogens is 1. The molecule has 2 atom stereocenters. The third kappa shape index (κ3) is 6.60. The Balaban J connectivity index is 0.00000324. The Morgan fingerprint density at radius 2 is 1.89 bits per heavy atom. The zero-order valence-corrected chi connectivity index (χ0v) is 12.8. The molecule has 1 amide bonds. The molecule has 0 radical (unpaired) electrons. The molecular weight excluding hydrogens is 260 g/mol. The van der Waals surface area contributed by atoms with Gasteiger partial charge in [0.1, 0.15) is 0 Å². The lowest BCUT2D eigenvalue weighted by Crippen LogP contribution is -2.29. The van der Waals surface area contributed by atoms with E-state index >= 15 is 0 Å². The fourth-order valence-corrected chi connectivity index (χ4v) is 1.85. The molecule has 0 aliphatic carbocycles. The predicted octanol–water partition coefficient (Wildman–Crippen LogP) is 3.11. The van der Waals surface area contributed by atoms with Gasteiger partial charge < -0.3 is 11.1 Å². The van der Waals surface area contributed by atoms with Gasteiger partial charge in [-0.2, -0.15) is 0 Å². The van der Waals surface area contributed by atoms with E-state index in [9.17, 15) is 4.79 Å². The normalized spacial score (nSPS) is 13.3. The molecule has 1 aromatic carbocycles. The molecule has 1 aromatic rings. The zero-order valence-electron chi connectivity index (χ0n) is 12.0. The van der Waals surface area contributed by atoms with Crippen LogP contribution in [0.15, 0.2) is 24.3 Å². The van der Waals surface area contributed by atoms with E-state index in [1.807, 2.05) is 6.92 Å². The number of hydrogen-bond acceptors (Lipinski definition) is 2. The maximum atomic E-state index is 11.8. The monoisotopic (exact) mass is 284 g/mol. The van der Waals surface area contributed by atoms with Crippen LogP contribution < -0.4 is 11.1 Å². The predicted molar refractivity (Wildman–Crippen MR) is 82.5 cm³/mol. The van der Waals surface area contributed by atoms with Gasteiger partial charge in [-0.25, -0.2) is 0 Å². The van der Waals surface area contributed by atoms with Crippen molar-refractivity contribution in [3.8, 4) is 0 Å². The van der Waals surface area contributed by atoms with Gasteiger partial charge in [0.15, 0.2) is 0 Å². The molecule has 108 valence electrons. The van der Waals surface area contributed by atoms with Crippen molar-refractivity contribution >= 4 is 18.3 Å². The summed E-state index contributed by atoms with van der Waals surface area (Å²) >= 11 is 0. The van der Waals surface area contributed by atoms with Gasteiger partial charge >= 0.3 is 0 Å². The van der Waals surface area contributed by atoms with Crippen LogP contribution in [0.3, 0.4) is 0 Å². The Labute approximate surface area is 122 Å². The van der Waals surface area contributed by atoms with Crippen molar-refractivity contribution in [1.82, 2.24) is 5.32 Å². The second-order valence-corrected chi connectivity index (χ2v) is 4.95. The van der Waals surface area contributed by atoms with Crippen molar-refractivity contribution in [3.63, 3.8) is 0 Å². The second-order valence-electron chi connectivity index (χ2n) is 4.95. The summed E-state index contributed by atoms with van der Waals surface area (Å²) in [5, 5.41) is 3.06. The topological polar surface area (TPSA) is 55.1 Å². The number of nitrogens with two attached hydrogens (primary N) is 1. The van der Waals surface area contributed by atoms with Crippen molar-refractivity contribution in [1.29, 1.82) is 0 Å². The first-order valence-corrected chi connectivity index (χ1v) is 6.64. The minimum Gasteiger partial charge on any atom is -0.349 e. The molecule has 4 heteroatoms. The average Bonchev–Trinajstić information content (AvgIpc) is 2.34. The van der Waals surface area contributed by atoms with Crippen LogP contribution in [0.4, 0.5) is 0 Å². The summed E-state index contributed by atoms with van der Waals surface area (Å²) < 4.78 is 0. The van der Waals surface area contributed by atoms with E-state index in [-0.39, 0.29) is 30.4 Å². The van der Waals surface area contributed by atoms with Gasteiger partial charge in [-0.05, 0) is 32.3 Å². The zero-order chi connectivity index (χ0) is 13.5. The molecule has 0 aliphatic rings. The molecule has 0 bridgehead atoms. The first-order valence-electron chi connectivity index (χ1n) is 6.64. The van der Waals surface area contributed by atoms with Crippen LogP contribution in [-0.4, -0.2) is 11.9 Å². The summed E-state index contributed by atoms with van der Waals surface area (Å²) in [4.78, 5) is 11.8. The maximum Gasteiger partial charge on any atom is 0.220 e. The van der Waals surface area contributed by atoms with E-state index in [1.165, 1.54) is 5.56 Å². The van der Waals surface area contributed by atoms with Gasteiger partial charge in [0, 0.05) is 12.5 Å². The highest BCUT2D eigenvalue weighted by Crippen LogP contribution is 2.17. The number of carbonyl (C=O) groups excluding carboxylic acids is 1. The first-order chi connectivity index (χ1) is 8.52. The van der Waals surface area contributed by atoms with Gasteiger partial charge in [-0.1, -0.05) is 36.8 Å². The molecule has 3 N–H and O–H groups in total. The van der Waals surface area contributed by atoms with Gasteiger partial charge in [-0.3, -0.25) is 4.79 Å². The summed E-state index contributed by atoms with van der Waals surface area (Å²) in [5.74, 6) is 0.0831. The molecule has 3 nitrogen and oxygen atoms in total. The summed E-state index contributed by atoms with van der Waals surface area (Å²) in [6.45, 7) is 6.06. The van der Waals surface area contributed by atoms with Crippen molar-refractivity contribution in [2.45, 2.75) is 52.1 Å². The Hall–Kier alpha value is -1.06. The molecule has 0 aliphatic heterocycles. The van der Waals surface area contributed by atoms with E-state index in [0.29, 0.717) is 6.42 Å². The van der Waals surface area contributed by atoms with E-state index in [2.05, 4.69) is 43.4 Å². The van der Waals surface area contributed by atoms with Crippen LogP contribution in [0.1, 0.15) is 50.3 Å². The van der Waals surface area contributed by atoms with Crippen molar-refractivity contribution in [2.75, 3.05) is 0 Å². The van der Waals surface area contributed by atoms with Crippen molar-refractivity contribution in [3.05, 3.63) is 35.4 Å². The molecule has 0 aromatic heterocycles. The van der Waals surface area contributed by atoms with Gasteiger partial charge in [0.2, 0.25) is 5.91 Å². The molecule has 0 spiro atoms. The van der Waals surface area contributed by atoms with E-state index in [0.717, 1.165) is 18.4 Å². The quantitative estimate of drug-likeness (QED) is 0.843. The van der Waals surface area contributed by atoms with E-state index in [1.54, 1.807) is 0 Å². The number of aryl methyl sites for hydroxylation is 1. The van der Waals surface area contributed by atoms with E-state index in [4.69, 9.17) is 5.73 Å². The number of nitrogens with one attached hydrogen (secondary N) is 1. The molecular formula is C15H25ClN2O. The number of carbonyl (C=O) groups is 1. The SMILES string of the molecule is CCC(NC(=O)CCC(C)N)c1ccc(C)cc1.Cl. The third-order valence-electron chi connectivity index (χ3n) is 3.05. The third-order valence-corrected chi connectivity index (χ3v) is 3.05. The molecule has 19 heavy (non-hydrogen) atoms. The average molecular weight is 285 g/mol. The van der Waals surface area contributed by atoms with Gasteiger partial charge in [0.25, 0.3) is 0 Å². The van der Waals surface area contributed by atoms with Crippen molar-refractivity contribution < 1.29 is 4.79 Å². The largest absolute Gasteiger partial charge is 0.349 e. The molecule has 1 rings (SSSR count).